The molecule has 0 N–H and O–H groups in total. The monoisotopic (exact) mass is 326 g/mol. The van der Waals surface area contributed by atoms with Gasteiger partial charge >= 0.3 is 5.97 Å². The van der Waals surface area contributed by atoms with Crippen molar-refractivity contribution in [2.45, 2.75) is 0 Å². The number of amides is 2. The molecule has 0 fully saturated rings. The maximum atomic E-state index is 12.1. The molecular weight excluding hydrogens is 316 g/mol. The summed E-state index contributed by atoms with van der Waals surface area (Å²) in [5.74, 6) is -2.14. The highest BCUT2D eigenvalue weighted by Crippen LogP contribution is 2.23. The van der Waals surface area contributed by atoms with Gasteiger partial charge in [0.25, 0.3) is 17.5 Å². The average Bonchev–Trinajstić information content (AvgIpc) is 2.84. The van der Waals surface area contributed by atoms with Gasteiger partial charge in [-0.15, -0.1) is 0 Å². The van der Waals surface area contributed by atoms with Crippen molar-refractivity contribution in [2.24, 2.45) is 0 Å². The van der Waals surface area contributed by atoms with Crippen molar-refractivity contribution in [3.05, 3.63) is 75.3 Å². The van der Waals surface area contributed by atoms with E-state index >= 15 is 0 Å². The second-order valence-corrected chi connectivity index (χ2v) is 4.92. The maximum Gasteiger partial charge on any atom is 0.346 e. The largest absolute Gasteiger partial charge is 0.440 e. The average molecular weight is 326 g/mol. The number of hydrogen-bond donors (Lipinski definition) is 0. The molecule has 2 aromatic carbocycles. The number of nitro groups is 1. The Labute approximate surface area is 135 Å². The molecule has 0 spiro atoms. The van der Waals surface area contributed by atoms with E-state index in [0.29, 0.717) is 0 Å². The summed E-state index contributed by atoms with van der Waals surface area (Å²) >= 11 is 0. The number of ether oxygens (including phenoxy) is 1. The lowest BCUT2D eigenvalue weighted by Crippen LogP contribution is -2.33. The number of fused-ring (bicyclic) bond motifs is 1. The van der Waals surface area contributed by atoms with Crippen molar-refractivity contribution in [1.82, 2.24) is 4.90 Å². The fraction of sp³-hybridized carbons (Fsp3) is 0.0625. The van der Waals surface area contributed by atoms with Crippen LogP contribution in [0.3, 0.4) is 0 Å². The van der Waals surface area contributed by atoms with E-state index in [-0.39, 0.29) is 16.7 Å². The molecule has 0 unspecified atom stereocenters. The standard InChI is InChI=1S/C16H10N2O6/c19-14-10-5-1-2-6-11(10)15(20)17(14)9-24-16(21)12-7-3-4-8-13(12)18(22)23/h1-8H,9H2. The first-order valence-electron chi connectivity index (χ1n) is 6.86. The van der Waals surface area contributed by atoms with Gasteiger partial charge in [0.2, 0.25) is 0 Å². The van der Waals surface area contributed by atoms with Crippen LogP contribution < -0.4 is 0 Å². The van der Waals surface area contributed by atoms with Gasteiger partial charge in [-0.25, -0.2) is 9.69 Å². The Morgan fingerprint density at radius 3 is 2.12 bits per heavy atom. The predicted octanol–water partition coefficient (Wildman–Crippen LogP) is 2.01. The number of nitrogens with zero attached hydrogens (tertiary/aromatic N) is 2. The van der Waals surface area contributed by atoms with Gasteiger partial charge in [-0.05, 0) is 18.2 Å². The number of carbonyl (C=O) groups excluding carboxylic acids is 3. The molecule has 8 heteroatoms. The molecule has 1 aliphatic heterocycles. The summed E-state index contributed by atoms with van der Waals surface area (Å²) in [7, 11) is 0. The molecular formula is C16H10N2O6. The van der Waals surface area contributed by atoms with Crippen LogP contribution in [0.25, 0.3) is 0 Å². The van der Waals surface area contributed by atoms with E-state index in [1.807, 2.05) is 0 Å². The molecule has 24 heavy (non-hydrogen) atoms. The van der Waals surface area contributed by atoms with Gasteiger partial charge in [0.05, 0.1) is 16.1 Å². The Morgan fingerprint density at radius 2 is 1.54 bits per heavy atom. The van der Waals surface area contributed by atoms with Gasteiger partial charge in [-0.2, -0.15) is 0 Å². The molecule has 2 aromatic rings. The third kappa shape index (κ3) is 2.50. The van der Waals surface area contributed by atoms with E-state index in [9.17, 15) is 24.5 Å². The minimum absolute atomic E-state index is 0.226. The van der Waals surface area contributed by atoms with Crippen LogP contribution in [0, 0.1) is 10.1 Å². The van der Waals surface area contributed by atoms with E-state index in [1.54, 1.807) is 12.1 Å². The number of para-hydroxylation sites is 1. The van der Waals surface area contributed by atoms with Crippen LogP contribution in [0.1, 0.15) is 31.1 Å². The van der Waals surface area contributed by atoms with Crippen LogP contribution in [0.4, 0.5) is 5.69 Å². The van der Waals surface area contributed by atoms with Crippen molar-refractivity contribution in [3.63, 3.8) is 0 Å². The van der Waals surface area contributed by atoms with Crippen LogP contribution in [0.15, 0.2) is 48.5 Å². The summed E-state index contributed by atoms with van der Waals surface area (Å²) < 4.78 is 4.92. The zero-order chi connectivity index (χ0) is 17.3. The molecule has 1 heterocycles. The van der Waals surface area contributed by atoms with E-state index in [1.165, 1.54) is 36.4 Å². The number of nitro benzene ring substituents is 1. The Morgan fingerprint density at radius 1 is 1.00 bits per heavy atom. The molecule has 120 valence electrons. The van der Waals surface area contributed by atoms with Gasteiger partial charge in [0, 0.05) is 6.07 Å². The number of imide groups is 1. The van der Waals surface area contributed by atoms with Crippen LogP contribution >= 0.6 is 0 Å². The Hall–Kier alpha value is -3.55. The molecule has 1 aliphatic rings. The van der Waals surface area contributed by atoms with Crippen LogP contribution in [-0.2, 0) is 4.74 Å². The van der Waals surface area contributed by atoms with E-state index in [0.717, 1.165) is 4.90 Å². The molecule has 0 atom stereocenters. The topological polar surface area (TPSA) is 107 Å². The number of benzene rings is 2. The summed E-state index contributed by atoms with van der Waals surface area (Å²) in [6, 6.07) is 11.5. The number of carbonyl (C=O) groups is 3. The van der Waals surface area contributed by atoms with Crippen molar-refractivity contribution < 1.29 is 24.0 Å². The zero-order valence-electron chi connectivity index (χ0n) is 12.2. The summed E-state index contributed by atoms with van der Waals surface area (Å²) in [6.07, 6.45) is 0. The summed E-state index contributed by atoms with van der Waals surface area (Å²) in [4.78, 5) is 47.3. The highest BCUT2D eigenvalue weighted by atomic mass is 16.6. The summed E-state index contributed by atoms with van der Waals surface area (Å²) in [5, 5.41) is 10.9. The fourth-order valence-electron chi connectivity index (χ4n) is 2.36. The van der Waals surface area contributed by atoms with Crippen LogP contribution in [-0.4, -0.2) is 34.3 Å². The lowest BCUT2D eigenvalue weighted by Gasteiger charge is -2.13. The van der Waals surface area contributed by atoms with Crippen molar-refractivity contribution in [1.29, 1.82) is 0 Å². The van der Waals surface area contributed by atoms with Crippen molar-refractivity contribution in [2.75, 3.05) is 6.73 Å². The molecule has 0 saturated heterocycles. The fourth-order valence-corrected chi connectivity index (χ4v) is 2.36. The number of rotatable bonds is 4. The first-order valence-corrected chi connectivity index (χ1v) is 6.86. The SMILES string of the molecule is O=C(OCN1C(=O)c2ccccc2C1=O)c1ccccc1[N+](=O)[O-]. The third-order valence-corrected chi connectivity index (χ3v) is 3.52. The van der Waals surface area contributed by atoms with Crippen molar-refractivity contribution >= 4 is 23.5 Å². The third-order valence-electron chi connectivity index (χ3n) is 3.52. The molecule has 0 aliphatic carbocycles. The molecule has 0 aromatic heterocycles. The minimum atomic E-state index is -0.987. The van der Waals surface area contributed by atoms with Crippen LogP contribution in [0.2, 0.25) is 0 Å². The maximum absolute atomic E-state index is 12.1. The van der Waals surface area contributed by atoms with E-state index in [4.69, 9.17) is 4.74 Å². The Balaban J connectivity index is 1.76. The molecule has 8 nitrogen and oxygen atoms in total. The van der Waals surface area contributed by atoms with E-state index in [2.05, 4.69) is 0 Å². The summed E-state index contributed by atoms with van der Waals surface area (Å²) in [6.45, 7) is -0.614. The second-order valence-electron chi connectivity index (χ2n) is 4.92. The predicted molar refractivity (Wildman–Crippen MR) is 80.3 cm³/mol. The second kappa shape index (κ2) is 5.92. The van der Waals surface area contributed by atoms with Crippen molar-refractivity contribution in [3.8, 4) is 0 Å². The smallest absolute Gasteiger partial charge is 0.346 e. The van der Waals surface area contributed by atoms with Gasteiger partial charge in [0.15, 0.2) is 6.73 Å². The summed E-state index contributed by atoms with van der Waals surface area (Å²) in [5.41, 5.74) is -0.211. The number of esters is 1. The normalized spacial score (nSPS) is 12.9. The van der Waals surface area contributed by atoms with Crippen LogP contribution in [0.5, 0.6) is 0 Å². The highest BCUT2D eigenvalue weighted by molar-refractivity contribution is 6.21. The first kappa shape index (κ1) is 15.3. The molecule has 0 saturated carbocycles. The first-order chi connectivity index (χ1) is 11.5. The van der Waals surface area contributed by atoms with Gasteiger partial charge in [0.1, 0.15) is 5.56 Å². The lowest BCUT2D eigenvalue weighted by atomic mass is 10.1. The van der Waals surface area contributed by atoms with Gasteiger partial charge in [-0.1, -0.05) is 24.3 Å². The molecule has 2 amide bonds. The minimum Gasteiger partial charge on any atom is -0.440 e. The Kier molecular flexibility index (Phi) is 3.78. The molecule has 3 rings (SSSR count). The van der Waals surface area contributed by atoms with Gasteiger partial charge < -0.3 is 4.74 Å². The lowest BCUT2D eigenvalue weighted by molar-refractivity contribution is -0.385. The zero-order valence-corrected chi connectivity index (χ0v) is 12.2. The highest BCUT2D eigenvalue weighted by Gasteiger charge is 2.36. The van der Waals surface area contributed by atoms with Gasteiger partial charge in [-0.3, -0.25) is 19.7 Å². The van der Waals surface area contributed by atoms with E-state index < -0.39 is 35.1 Å². The number of hydrogen-bond acceptors (Lipinski definition) is 6. The molecule has 0 bridgehead atoms. The molecule has 0 radical (unpaired) electrons. The quantitative estimate of drug-likeness (QED) is 0.368. The Bertz CT molecular complexity index is 841.